The van der Waals surface area contributed by atoms with Crippen molar-refractivity contribution in [1.29, 1.82) is 0 Å². The third-order valence-corrected chi connectivity index (χ3v) is 12.9. The summed E-state index contributed by atoms with van der Waals surface area (Å²) in [5.74, 6) is -1.46. The van der Waals surface area contributed by atoms with Gasteiger partial charge in [0.05, 0.1) is 23.1 Å². The summed E-state index contributed by atoms with van der Waals surface area (Å²) < 4.78 is 70.4. The van der Waals surface area contributed by atoms with Gasteiger partial charge in [-0.25, -0.2) is 21.9 Å². The van der Waals surface area contributed by atoms with Crippen molar-refractivity contribution in [3.05, 3.63) is 106 Å². The van der Waals surface area contributed by atoms with Crippen LogP contribution in [0.15, 0.2) is 66.7 Å². The summed E-state index contributed by atoms with van der Waals surface area (Å²) in [6, 6.07) is 14.3. The predicted molar refractivity (Wildman–Crippen MR) is 192 cm³/mol. The van der Waals surface area contributed by atoms with Gasteiger partial charge in [-0.15, -0.1) is 0 Å². The zero-order chi connectivity index (χ0) is 35.6. The number of ether oxygens (including phenoxy) is 2. The number of amides is 1. The van der Waals surface area contributed by atoms with Crippen LogP contribution in [0.1, 0.15) is 79.9 Å². The first kappa shape index (κ1) is 36.3. The zero-order valence-corrected chi connectivity index (χ0v) is 30.3. The summed E-state index contributed by atoms with van der Waals surface area (Å²) in [6.45, 7) is 7.11. The van der Waals surface area contributed by atoms with Crippen molar-refractivity contribution in [2.75, 3.05) is 18.0 Å². The molecule has 0 radical (unpaired) electrons. The van der Waals surface area contributed by atoms with E-state index in [0.717, 1.165) is 55.0 Å². The van der Waals surface area contributed by atoms with E-state index >= 15 is 0 Å². The van der Waals surface area contributed by atoms with Crippen molar-refractivity contribution in [3.8, 4) is 5.75 Å². The van der Waals surface area contributed by atoms with Crippen LogP contribution in [-0.4, -0.2) is 38.3 Å². The SMILES string of the molecule is C[C@@H]1[C@@H](C)C/C=C/[C@](C)(OCc2cc(F)cc(F)c2)[C@@H]2CC[C@H]2CN2CCCCc3cc(Cl)ccc3COc3ccc(cc32)C(=O)NS1(=O)=O. The number of hydrogen-bond acceptors (Lipinski definition) is 6. The quantitative estimate of drug-likeness (QED) is 0.273. The topological polar surface area (TPSA) is 84.9 Å². The molecule has 1 aliphatic carbocycles. The number of sulfonamides is 1. The normalized spacial score (nSPS) is 27.7. The summed E-state index contributed by atoms with van der Waals surface area (Å²) in [5, 5.41) is -0.187. The second-order valence-electron chi connectivity index (χ2n) is 14.3. The first-order valence-electron chi connectivity index (χ1n) is 17.4. The largest absolute Gasteiger partial charge is 0.487 e. The second-order valence-corrected chi connectivity index (χ2v) is 16.8. The minimum Gasteiger partial charge on any atom is -0.487 e. The monoisotopic (exact) mass is 726 g/mol. The third kappa shape index (κ3) is 8.19. The van der Waals surface area contributed by atoms with Crippen LogP contribution in [0.25, 0.3) is 0 Å². The Balaban J connectivity index is 1.38. The van der Waals surface area contributed by atoms with Gasteiger partial charge in [0.15, 0.2) is 0 Å². The molecule has 0 aromatic heterocycles. The summed E-state index contributed by atoms with van der Waals surface area (Å²) >= 11 is 6.35. The number of hydrogen-bond donors (Lipinski definition) is 1. The number of allylic oxidation sites excluding steroid dienone is 1. The average molecular weight is 727 g/mol. The van der Waals surface area contributed by atoms with Crippen LogP contribution in [0.2, 0.25) is 5.02 Å². The lowest BCUT2D eigenvalue weighted by Crippen LogP contribution is -2.50. The van der Waals surface area contributed by atoms with Gasteiger partial charge in [0.25, 0.3) is 5.91 Å². The van der Waals surface area contributed by atoms with Crippen LogP contribution in [0.4, 0.5) is 14.5 Å². The fourth-order valence-corrected chi connectivity index (χ4v) is 8.89. The van der Waals surface area contributed by atoms with E-state index < -0.39 is 38.4 Å². The Morgan fingerprint density at radius 1 is 1.02 bits per heavy atom. The molecule has 0 saturated heterocycles. The van der Waals surface area contributed by atoms with Gasteiger partial charge in [-0.05, 0) is 129 Å². The molecular formula is C39H45ClF2N2O5S. The number of carbonyl (C=O) groups is 1. The molecule has 50 heavy (non-hydrogen) atoms. The first-order chi connectivity index (χ1) is 23.8. The standard InChI is InChI=1S/C39H45ClF2N2O5S/c1-25-7-6-15-39(3,49-23-27-17-33(41)21-34(42)18-27)35-13-10-30(35)22-44-16-5-4-8-28-19-32(40)12-9-31(28)24-48-37-14-11-29(20-36(37)44)38(45)43-50(46,47)26(25)2/h6,9,11-12,14-15,17-21,25-26,30,35H,4-5,7-8,10,13,16,22-24H2,1-3H3,(H,43,45)/b15-6+/t25-,26+,30-,35+,39-/m0/s1. The van der Waals surface area contributed by atoms with Crippen molar-refractivity contribution in [1.82, 2.24) is 4.72 Å². The minimum absolute atomic E-state index is 0.0133. The highest BCUT2D eigenvalue weighted by Gasteiger charge is 2.45. The van der Waals surface area contributed by atoms with Gasteiger partial charge in [0.2, 0.25) is 10.0 Å². The minimum atomic E-state index is -4.02. The van der Waals surface area contributed by atoms with Crippen molar-refractivity contribution in [2.24, 2.45) is 17.8 Å². The Labute approximate surface area is 299 Å². The lowest BCUT2D eigenvalue weighted by atomic mass is 9.64. The van der Waals surface area contributed by atoms with Crippen LogP contribution in [-0.2, 0) is 34.4 Å². The van der Waals surface area contributed by atoms with Gasteiger partial charge in [0.1, 0.15) is 24.0 Å². The van der Waals surface area contributed by atoms with Crippen molar-refractivity contribution in [3.63, 3.8) is 0 Å². The van der Waals surface area contributed by atoms with E-state index in [1.807, 2.05) is 44.2 Å². The Morgan fingerprint density at radius 3 is 2.54 bits per heavy atom. The number of benzene rings is 3. The Morgan fingerprint density at radius 2 is 1.80 bits per heavy atom. The van der Waals surface area contributed by atoms with Crippen LogP contribution in [0.5, 0.6) is 5.75 Å². The Kier molecular flexibility index (Phi) is 10.9. The molecule has 2 aliphatic heterocycles. The molecule has 2 bridgehead atoms. The molecule has 3 aliphatic rings. The molecule has 0 spiro atoms. The van der Waals surface area contributed by atoms with E-state index in [9.17, 15) is 22.0 Å². The number of fused-ring (bicyclic) bond motifs is 3. The molecule has 1 N–H and O–H groups in total. The van der Waals surface area contributed by atoms with Gasteiger partial charge in [0, 0.05) is 29.7 Å². The highest BCUT2D eigenvalue weighted by Crippen LogP contribution is 2.46. The zero-order valence-electron chi connectivity index (χ0n) is 28.8. The summed E-state index contributed by atoms with van der Waals surface area (Å²) in [6.07, 6.45) is 8.82. The molecule has 1 saturated carbocycles. The van der Waals surface area contributed by atoms with Gasteiger partial charge in [-0.3, -0.25) is 4.79 Å². The molecule has 1 fully saturated rings. The maximum absolute atomic E-state index is 14.1. The van der Waals surface area contributed by atoms with Gasteiger partial charge in [-0.1, -0.05) is 36.7 Å². The second kappa shape index (κ2) is 15.0. The molecule has 5 atom stereocenters. The van der Waals surface area contributed by atoms with E-state index in [2.05, 4.69) is 9.62 Å². The number of nitrogens with zero attached hydrogens (tertiary/aromatic N) is 1. The highest BCUT2D eigenvalue weighted by atomic mass is 35.5. The molecular weight excluding hydrogens is 682 g/mol. The number of nitrogens with one attached hydrogen (secondary N) is 1. The first-order valence-corrected chi connectivity index (χ1v) is 19.4. The van der Waals surface area contributed by atoms with Crippen LogP contribution in [0.3, 0.4) is 0 Å². The summed E-state index contributed by atoms with van der Waals surface area (Å²) in [5.41, 5.74) is 2.73. The molecule has 7 nitrogen and oxygen atoms in total. The highest BCUT2D eigenvalue weighted by molar-refractivity contribution is 7.90. The van der Waals surface area contributed by atoms with Gasteiger partial charge < -0.3 is 14.4 Å². The number of carbonyl (C=O) groups excluding carboxylic acids is 1. The maximum Gasteiger partial charge on any atom is 0.264 e. The van der Waals surface area contributed by atoms with E-state index in [0.29, 0.717) is 42.5 Å². The number of anilines is 1. The molecule has 3 aromatic carbocycles. The average Bonchev–Trinajstić information content (AvgIpc) is 3.07. The van der Waals surface area contributed by atoms with Crippen molar-refractivity contribution >= 4 is 33.2 Å². The summed E-state index contributed by atoms with van der Waals surface area (Å²) in [4.78, 5) is 15.7. The lowest BCUT2D eigenvalue weighted by Gasteiger charge is -2.49. The molecule has 2 heterocycles. The maximum atomic E-state index is 14.1. The number of halogens is 3. The molecule has 6 rings (SSSR count). The van der Waals surface area contributed by atoms with E-state index in [-0.39, 0.29) is 29.9 Å². The molecule has 268 valence electrons. The third-order valence-electron chi connectivity index (χ3n) is 10.8. The van der Waals surface area contributed by atoms with Crippen molar-refractivity contribution < 1.29 is 31.5 Å². The molecule has 1 amide bonds. The van der Waals surface area contributed by atoms with Crippen LogP contribution < -0.4 is 14.4 Å². The molecule has 0 unspecified atom stereocenters. The molecule has 11 heteroatoms. The van der Waals surface area contributed by atoms with Crippen LogP contribution in [0, 0.1) is 29.4 Å². The smallest absolute Gasteiger partial charge is 0.264 e. The predicted octanol–water partition coefficient (Wildman–Crippen LogP) is 8.39. The van der Waals surface area contributed by atoms with E-state index in [1.54, 1.807) is 25.1 Å². The van der Waals surface area contributed by atoms with Crippen molar-refractivity contribution in [2.45, 2.75) is 83.4 Å². The van der Waals surface area contributed by atoms with E-state index in [4.69, 9.17) is 21.1 Å². The lowest BCUT2D eigenvalue weighted by molar-refractivity contribution is -0.0947. The van der Waals surface area contributed by atoms with Crippen LogP contribution >= 0.6 is 11.6 Å². The van der Waals surface area contributed by atoms with Gasteiger partial charge >= 0.3 is 0 Å². The van der Waals surface area contributed by atoms with Gasteiger partial charge in [-0.2, -0.15) is 0 Å². The fourth-order valence-electron chi connectivity index (χ4n) is 7.41. The Bertz CT molecular complexity index is 1850. The fraction of sp³-hybridized carbons (Fsp3) is 0.462. The van der Waals surface area contributed by atoms with E-state index in [1.165, 1.54) is 12.1 Å². The molecule has 3 aromatic rings. The number of rotatable bonds is 3. The number of aryl methyl sites for hydroxylation is 1. The summed E-state index contributed by atoms with van der Waals surface area (Å²) in [7, 11) is -4.02. The Hall–Kier alpha value is -3.47.